The number of rotatable bonds is 2. The summed E-state index contributed by atoms with van der Waals surface area (Å²) in [6.45, 7) is 0. The van der Waals surface area contributed by atoms with Gasteiger partial charge in [-0.2, -0.15) is 0 Å². The van der Waals surface area contributed by atoms with Gasteiger partial charge in [-0.15, -0.1) is 10.2 Å². The average Bonchev–Trinajstić information content (AvgIpc) is 2.29. The van der Waals surface area contributed by atoms with Crippen molar-refractivity contribution in [1.29, 1.82) is 0 Å². The first-order chi connectivity index (χ1) is 8.33. The molecule has 3 rings (SSSR count). The summed E-state index contributed by atoms with van der Waals surface area (Å²) in [6, 6.07) is 12.3. The van der Waals surface area contributed by atoms with Crippen molar-refractivity contribution in [2.45, 2.75) is 25.2 Å². The van der Waals surface area contributed by atoms with Gasteiger partial charge in [0.1, 0.15) is 0 Å². The monoisotopic (exact) mass is 244 g/mol. The normalized spacial score (nSPS) is 15.6. The third-order valence-corrected chi connectivity index (χ3v) is 3.62. The van der Waals surface area contributed by atoms with E-state index >= 15 is 0 Å². The van der Waals surface area contributed by atoms with Crippen LogP contribution in [0.1, 0.15) is 30.7 Å². The van der Waals surface area contributed by atoms with Gasteiger partial charge in [-0.25, -0.2) is 0 Å². The maximum absolute atomic E-state index is 5.72. The Kier molecular flexibility index (Phi) is 2.81. The minimum Gasteiger partial charge on any atom is -0.149 e. The molecule has 1 heterocycles. The molecule has 0 bridgehead atoms. The lowest BCUT2D eigenvalue weighted by atomic mass is 9.80. The zero-order valence-corrected chi connectivity index (χ0v) is 10.2. The molecule has 2 nitrogen and oxygen atoms in total. The van der Waals surface area contributed by atoms with E-state index in [0.717, 1.165) is 17.2 Å². The van der Waals surface area contributed by atoms with Gasteiger partial charge in [0.2, 0.25) is 0 Å². The second-order valence-corrected chi connectivity index (χ2v) is 4.88. The molecule has 1 fully saturated rings. The minimum absolute atomic E-state index is 0.430. The summed E-state index contributed by atoms with van der Waals surface area (Å²) in [5.74, 6) is 0.778. The summed E-state index contributed by atoms with van der Waals surface area (Å²) in [4.78, 5) is 0. The van der Waals surface area contributed by atoms with Crippen LogP contribution in [0.15, 0.2) is 36.4 Å². The molecular weight excluding hydrogens is 232 g/mol. The predicted molar refractivity (Wildman–Crippen MR) is 69.1 cm³/mol. The van der Waals surface area contributed by atoms with E-state index in [1.54, 1.807) is 6.07 Å². The molecule has 0 unspecified atom stereocenters. The van der Waals surface area contributed by atoms with Crippen LogP contribution in [0.2, 0.25) is 5.15 Å². The van der Waals surface area contributed by atoms with E-state index in [0.29, 0.717) is 5.15 Å². The maximum Gasteiger partial charge on any atom is 0.151 e. The summed E-state index contributed by atoms with van der Waals surface area (Å²) >= 11 is 5.72. The topological polar surface area (TPSA) is 25.8 Å². The quantitative estimate of drug-likeness (QED) is 0.796. The van der Waals surface area contributed by atoms with Crippen LogP contribution >= 0.6 is 11.6 Å². The molecule has 1 aromatic heterocycles. The first kappa shape index (κ1) is 10.7. The fraction of sp³-hybridized carbons (Fsp3) is 0.286. The Morgan fingerprint density at radius 1 is 0.941 bits per heavy atom. The lowest BCUT2D eigenvalue weighted by Gasteiger charge is -2.25. The zero-order chi connectivity index (χ0) is 11.7. The van der Waals surface area contributed by atoms with Gasteiger partial charge in [0.05, 0.1) is 5.69 Å². The fourth-order valence-electron chi connectivity index (χ4n) is 2.14. The number of benzene rings is 1. The standard InChI is InChI=1S/C14H13ClN2/c15-14-9-8-13(16-17-14)12-6-4-11(5-7-12)10-2-1-3-10/h4-10H,1-3H2. The number of nitrogens with zero attached hydrogens (tertiary/aromatic N) is 2. The van der Waals surface area contributed by atoms with Crippen LogP contribution in [0, 0.1) is 0 Å². The highest BCUT2D eigenvalue weighted by molar-refractivity contribution is 6.29. The van der Waals surface area contributed by atoms with Crippen molar-refractivity contribution in [1.82, 2.24) is 10.2 Å². The van der Waals surface area contributed by atoms with Gasteiger partial charge in [0.15, 0.2) is 5.15 Å². The van der Waals surface area contributed by atoms with E-state index in [1.165, 1.54) is 24.8 Å². The second-order valence-electron chi connectivity index (χ2n) is 4.49. The van der Waals surface area contributed by atoms with Crippen LogP contribution in [0.25, 0.3) is 11.3 Å². The number of halogens is 1. The van der Waals surface area contributed by atoms with E-state index < -0.39 is 0 Å². The van der Waals surface area contributed by atoms with Gasteiger partial charge in [-0.05, 0) is 36.5 Å². The molecule has 17 heavy (non-hydrogen) atoms. The molecule has 86 valence electrons. The van der Waals surface area contributed by atoms with Crippen LogP contribution < -0.4 is 0 Å². The third kappa shape index (κ3) is 2.18. The summed E-state index contributed by atoms with van der Waals surface area (Å²) in [5, 5.41) is 8.36. The first-order valence-electron chi connectivity index (χ1n) is 5.92. The van der Waals surface area contributed by atoms with Crippen molar-refractivity contribution in [3.05, 3.63) is 47.1 Å². The van der Waals surface area contributed by atoms with Gasteiger partial charge in [-0.3, -0.25) is 0 Å². The molecule has 0 radical (unpaired) electrons. The number of hydrogen-bond donors (Lipinski definition) is 0. The molecule has 0 atom stereocenters. The SMILES string of the molecule is Clc1ccc(-c2ccc(C3CCC3)cc2)nn1. The smallest absolute Gasteiger partial charge is 0.149 e. The molecule has 1 saturated carbocycles. The zero-order valence-electron chi connectivity index (χ0n) is 9.44. The van der Waals surface area contributed by atoms with Crippen LogP contribution in [0.5, 0.6) is 0 Å². The highest BCUT2D eigenvalue weighted by Gasteiger charge is 2.18. The molecule has 3 heteroatoms. The van der Waals surface area contributed by atoms with Crippen molar-refractivity contribution in [3.8, 4) is 11.3 Å². The van der Waals surface area contributed by atoms with Gasteiger partial charge in [0.25, 0.3) is 0 Å². The molecule has 0 spiro atoms. The maximum atomic E-state index is 5.72. The largest absolute Gasteiger partial charge is 0.151 e. The third-order valence-electron chi connectivity index (χ3n) is 3.42. The Bertz CT molecular complexity index is 501. The van der Waals surface area contributed by atoms with Crippen molar-refractivity contribution in [2.24, 2.45) is 0 Å². The van der Waals surface area contributed by atoms with Crippen LogP contribution in [-0.4, -0.2) is 10.2 Å². The predicted octanol–water partition coefficient (Wildman–Crippen LogP) is 4.06. The highest BCUT2D eigenvalue weighted by atomic mass is 35.5. The first-order valence-corrected chi connectivity index (χ1v) is 6.30. The molecule has 0 saturated heterocycles. The van der Waals surface area contributed by atoms with E-state index in [-0.39, 0.29) is 0 Å². The summed E-state index contributed by atoms with van der Waals surface area (Å²) in [7, 11) is 0. The van der Waals surface area contributed by atoms with Crippen LogP contribution in [0.3, 0.4) is 0 Å². The van der Waals surface area contributed by atoms with Gasteiger partial charge in [0, 0.05) is 5.56 Å². The molecule has 1 aliphatic rings. The summed E-state index contributed by atoms with van der Waals surface area (Å²) in [5.41, 5.74) is 3.41. The van der Waals surface area contributed by atoms with Crippen LogP contribution in [0.4, 0.5) is 0 Å². The minimum atomic E-state index is 0.430. The van der Waals surface area contributed by atoms with Crippen molar-refractivity contribution in [3.63, 3.8) is 0 Å². The summed E-state index contributed by atoms with van der Waals surface area (Å²) < 4.78 is 0. The van der Waals surface area contributed by atoms with Crippen molar-refractivity contribution >= 4 is 11.6 Å². The van der Waals surface area contributed by atoms with Crippen LogP contribution in [-0.2, 0) is 0 Å². The van der Waals surface area contributed by atoms with E-state index in [4.69, 9.17) is 11.6 Å². The molecule has 0 aliphatic heterocycles. The summed E-state index contributed by atoms with van der Waals surface area (Å²) in [6.07, 6.45) is 4.04. The lowest BCUT2D eigenvalue weighted by Crippen LogP contribution is -2.08. The second kappa shape index (κ2) is 4.46. The molecular formula is C14H13ClN2. The number of hydrogen-bond acceptors (Lipinski definition) is 2. The van der Waals surface area contributed by atoms with Gasteiger partial charge in [-0.1, -0.05) is 42.3 Å². The Morgan fingerprint density at radius 3 is 2.24 bits per heavy atom. The molecule has 0 N–H and O–H groups in total. The molecule has 1 aromatic carbocycles. The van der Waals surface area contributed by atoms with Gasteiger partial charge >= 0.3 is 0 Å². The Labute approximate surface area is 106 Å². The Morgan fingerprint density at radius 2 is 1.71 bits per heavy atom. The molecule has 1 aliphatic carbocycles. The Hall–Kier alpha value is -1.41. The van der Waals surface area contributed by atoms with Gasteiger partial charge < -0.3 is 0 Å². The van der Waals surface area contributed by atoms with Crippen molar-refractivity contribution in [2.75, 3.05) is 0 Å². The number of aromatic nitrogens is 2. The van der Waals surface area contributed by atoms with E-state index in [1.807, 2.05) is 6.07 Å². The van der Waals surface area contributed by atoms with E-state index in [2.05, 4.69) is 34.5 Å². The lowest BCUT2D eigenvalue weighted by molar-refractivity contribution is 0.420. The molecule has 0 amide bonds. The Balaban J connectivity index is 1.86. The van der Waals surface area contributed by atoms with Crippen molar-refractivity contribution < 1.29 is 0 Å². The molecule has 2 aromatic rings. The average molecular weight is 245 g/mol. The van der Waals surface area contributed by atoms with E-state index in [9.17, 15) is 0 Å². The fourth-order valence-corrected chi connectivity index (χ4v) is 2.24. The highest BCUT2D eigenvalue weighted by Crippen LogP contribution is 2.36.